The average Bonchev–Trinajstić information content (AvgIpc) is 3.45. The molecule has 2 saturated carbocycles. The smallest absolute Gasteiger partial charge is 0.228 e. The summed E-state index contributed by atoms with van der Waals surface area (Å²) in [6, 6.07) is 8.32. The molecule has 3 N–H and O–H groups in total. The Morgan fingerprint density at radius 2 is 2.14 bits per heavy atom. The molecule has 0 aliphatic heterocycles. The van der Waals surface area contributed by atoms with Crippen LogP contribution in [0.2, 0.25) is 0 Å². The minimum Gasteiger partial charge on any atom is -0.491 e. The molecular weight excluding hydrogens is 366 g/mol. The molecule has 0 radical (unpaired) electrons. The maximum Gasteiger partial charge on any atom is 0.228 e. The molecule has 0 bridgehead atoms. The zero-order valence-electron chi connectivity index (χ0n) is 16.5. The summed E-state index contributed by atoms with van der Waals surface area (Å²) >= 11 is 0. The molecule has 0 unspecified atom stereocenters. The Hall–Kier alpha value is -2.93. The van der Waals surface area contributed by atoms with Gasteiger partial charge in [-0.05, 0) is 62.3 Å². The van der Waals surface area contributed by atoms with E-state index in [1.165, 1.54) is 0 Å². The van der Waals surface area contributed by atoms with Crippen LogP contribution in [-0.4, -0.2) is 33.2 Å². The Morgan fingerprint density at radius 1 is 1.31 bits per heavy atom. The average molecular weight is 391 g/mol. The quantitative estimate of drug-likeness (QED) is 0.673. The Labute approximate surface area is 169 Å². The maximum absolute atomic E-state index is 12.0. The van der Waals surface area contributed by atoms with E-state index >= 15 is 0 Å². The second-order valence-corrected chi connectivity index (χ2v) is 8.31. The number of nitrogens with zero attached hydrogens (tertiary/aromatic N) is 3. The van der Waals surface area contributed by atoms with E-state index in [4.69, 9.17) is 10.5 Å². The van der Waals surface area contributed by atoms with Gasteiger partial charge in [0.05, 0.1) is 18.3 Å². The van der Waals surface area contributed by atoms with Crippen molar-refractivity contribution in [3.8, 4) is 16.9 Å². The van der Waals surface area contributed by atoms with Gasteiger partial charge in [-0.1, -0.05) is 0 Å². The first-order valence-electron chi connectivity index (χ1n) is 10.2. The number of rotatable bonds is 6. The minimum absolute atomic E-state index is 0.0600. The van der Waals surface area contributed by atoms with Gasteiger partial charge in [-0.3, -0.25) is 9.78 Å². The van der Waals surface area contributed by atoms with Crippen LogP contribution in [0.1, 0.15) is 31.4 Å². The van der Waals surface area contributed by atoms with Crippen molar-refractivity contribution in [1.29, 1.82) is 0 Å². The van der Waals surface area contributed by atoms with Crippen molar-refractivity contribution >= 4 is 17.2 Å². The third kappa shape index (κ3) is 3.82. The molecule has 2 aliphatic rings. The molecule has 1 amide bonds. The summed E-state index contributed by atoms with van der Waals surface area (Å²) in [5.41, 5.74) is 9.77. The summed E-state index contributed by atoms with van der Waals surface area (Å²) in [5, 5.41) is 7.36. The molecule has 5 rings (SSSR count). The Kier molecular flexibility index (Phi) is 4.47. The van der Waals surface area contributed by atoms with E-state index in [1.807, 2.05) is 31.3 Å². The highest BCUT2D eigenvalue weighted by Gasteiger charge is 2.30. The van der Waals surface area contributed by atoms with Crippen LogP contribution in [0.25, 0.3) is 16.6 Å². The van der Waals surface area contributed by atoms with Gasteiger partial charge in [0.15, 0.2) is 5.82 Å². The number of pyridine rings is 2. The lowest BCUT2D eigenvalue weighted by molar-refractivity contribution is -0.117. The predicted octanol–water partition coefficient (Wildman–Crippen LogP) is 3.17. The number of amides is 1. The molecule has 3 aromatic rings. The number of hydrogen-bond donors (Lipinski definition) is 2. The van der Waals surface area contributed by atoms with Gasteiger partial charge < -0.3 is 15.8 Å². The Balaban J connectivity index is 1.40. The SMILES string of the molecule is Cc1cc(-c2ccn3nc(NC(=O)C4CC4)cc3c2)c(OC[C@H]2C[C@@H](N)C2)cn1. The molecule has 3 heterocycles. The number of carbonyl (C=O) groups excluding carboxylic acids is 1. The second kappa shape index (κ2) is 7.15. The van der Waals surface area contributed by atoms with Gasteiger partial charge in [0.25, 0.3) is 0 Å². The first-order valence-corrected chi connectivity index (χ1v) is 10.2. The van der Waals surface area contributed by atoms with Crippen LogP contribution in [0, 0.1) is 18.8 Å². The largest absolute Gasteiger partial charge is 0.491 e. The molecule has 150 valence electrons. The van der Waals surface area contributed by atoms with Gasteiger partial charge in [0.1, 0.15) is 5.75 Å². The van der Waals surface area contributed by atoms with Crippen molar-refractivity contribution < 1.29 is 9.53 Å². The van der Waals surface area contributed by atoms with Crippen LogP contribution in [0.5, 0.6) is 5.75 Å². The zero-order valence-corrected chi connectivity index (χ0v) is 16.5. The van der Waals surface area contributed by atoms with Crippen molar-refractivity contribution in [2.75, 3.05) is 11.9 Å². The molecule has 2 fully saturated rings. The van der Waals surface area contributed by atoms with E-state index < -0.39 is 0 Å². The standard InChI is InChI=1S/C22H25N5O2/c1-13-6-19(20(11-24-13)29-12-14-7-17(23)8-14)16-4-5-27-18(9-16)10-21(26-27)25-22(28)15-2-3-15/h4-6,9-11,14-15,17H,2-3,7-8,12,23H2,1H3,(H,25,26,28)/t14-,17+. The molecule has 0 spiro atoms. The highest BCUT2D eigenvalue weighted by atomic mass is 16.5. The first kappa shape index (κ1) is 18.1. The van der Waals surface area contributed by atoms with Crippen LogP contribution in [0.3, 0.4) is 0 Å². The minimum atomic E-state index is 0.0600. The highest BCUT2D eigenvalue weighted by Crippen LogP contribution is 2.34. The van der Waals surface area contributed by atoms with Crippen molar-refractivity contribution in [3.63, 3.8) is 0 Å². The van der Waals surface area contributed by atoms with E-state index in [0.29, 0.717) is 24.4 Å². The van der Waals surface area contributed by atoms with E-state index in [1.54, 1.807) is 10.7 Å². The van der Waals surface area contributed by atoms with E-state index in [2.05, 4.69) is 21.5 Å². The summed E-state index contributed by atoms with van der Waals surface area (Å²) in [7, 11) is 0. The van der Waals surface area contributed by atoms with Crippen molar-refractivity contribution in [2.45, 2.75) is 38.6 Å². The van der Waals surface area contributed by atoms with Gasteiger partial charge in [0.2, 0.25) is 5.91 Å². The molecule has 3 aromatic heterocycles. The fraction of sp³-hybridized carbons (Fsp3) is 0.409. The number of nitrogens with two attached hydrogens (primary N) is 1. The van der Waals surface area contributed by atoms with Gasteiger partial charge >= 0.3 is 0 Å². The number of aryl methyl sites for hydroxylation is 1. The van der Waals surface area contributed by atoms with Gasteiger partial charge in [0, 0.05) is 35.5 Å². The fourth-order valence-electron chi connectivity index (χ4n) is 3.82. The normalized spacial score (nSPS) is 21.0. The summed E-state index contributed by atoms with van der Waals surface area (Å²) in [4.78, 5) is 16.4. The third-order valence-corrected chi connectivity index (χ3v) is 5.72. The molecule has 29 heavy (non-hydrogen) atoms. The number of carbonyl (C=O) groups is 1. The molecule has 7 heteroatoms. The van der Waals surface area contributed by atoms with Gasteiger partial charge in [-0.2, -0.15) is 5.10 Å². The number of fused-ring (bicyclic) bond motifs is 1. The van der Waals surface area contributed by atoms with Crippen LogP contribution in [0.4, 0.5) is 5.82 Å². The number of aromatic nitrogens is 3. The number of anilines is 1. The molecule has 0 saturated heterocycles. The summed E-state index contributed by atoms with van der Waals surface area (Å²) in [6.45, 7) is 2.64. The van der Waals surface area contributed by atoms with Crippen LogP contribution < -0.4 is 15.8 Å². The van der Waals surface area contributed by atoms with Crippen molar-refractivity contribution in [3.05, 3.63) is 42.4 Å². The molecule has 2 aliphatic carbocycles. The Morgan fingerprint density at radius 3 is 2.90 bits per heavy atom. The Bertz CT molecular complexity index is 1070. The third-order valence-electron chi connectivity index (χ3n) is 5.72. The van der Waals surface area contributed by atoms with Crippen molar-refractivity contribution in [1.82, 2.24) is 14.6 Å². The second-order valence-electron chi connectivity index (χ2n) is 8.31. The van der Waals surface area contributed by atoms with Crippen LogP contribution in [-0.2, 0) is 4.79 Å². The van der Waals surface area contributed by atoms with Crippen molar-refractivity contribution in [2.24, 2.45) is 17.6 Å². The van der Waals surface area contributed by atoms with Gasteiger partial charge in [-0.25, -0.2) is 4.52 Å². The topological polar surface area (TPSA) is 94.5 Å². The number of nitrogens with one attached hydrogen (secondary N) is 1. The summed E-state index contributed by atoms with van der Waals surface area (Å²) in [5.74, 6) is 2.10. The summed E-state index contributed by atoms with van der Waals surface area (Å²) < 4.78 is 7.88. The fourth-order valence-corrected chi connectivity index (χ4v) is 3.82. The first-order chi connectivity index (χ1) is 14.0. The summed E-state index contributed by atoms with van der Waals surface area (Å²) in [6.07, 6.45) is 7.69. The maximum atomic E-state index is 12.0. The lowest BCUT2D eigenvalue weighted by atomic mass is 9.81. The van der Waals surface area contributed by atoms with E-state index in [-0.39, 0.29) is 11.8 Å². The predicted molar refractivity (Wildman–Crippen MR) is 111 cm³/mol. The lowest BCUT2D eigenvalue weighted by Gasteiger charge is -2.32. The van der Waals surface area contributed by atoms with E-state index in [9.17, 15) is 4.79 Å². The molecule has 0 aromatic carbocycles. The number of ether oxygens (including phenoxy) is 1. The van der Waals surface area contributed by atoms with E-state index in [0.717, 1.165) is 53.8 Å². The van der Waals surface area contributed by atoms with Gasteiger partial charge in [-0.15, -0.1) is 0 Å². The highest BCUT2D eigenvalue weighted by molar-refractivity contribution is 5.93. The molecular formula is C22H25N5O2. The lowest BCUT2D eigenvalue weighted by Crippen LogP contribution is -2.39. The zero-order chi connectivity index (χ0) is 20.0. The molecule has 0 atom stereocenters. The monoisotopic (exact) mass is 391 g/mol. The molecule has 7 nitrogen and oxygen atoms in total. The number of hydrogen-bond acceptors (Lipinski definition) is 5. The van der Waals surface area contributed by atoms with Crippen LogP contribution in [0.15, 0.2) is 36.7 Å². The van der Waals surface area contributed by atoms with Crippen LogP contribution >= 0.6 is 0 Å².